The molecular weight excluding hydrogens is 278 g/mol. The minimum absolute atomic E-state index is 0.297. The van der Waals surface area contributed by atoms with Gasteiger partial charge in [0.05, 0.1) is 22.5 Å². The normalized spacial score (nSPS) is 22.0. The van der Waals surface area contributed by atoms with Crippen LogP contribution in [0.3, 0.4) is 0 Å². The fourth-order valence-corrected chi connectivity index (χ4v) is 2.59. The molecule has 0 saturated carbocycles. The van der Waals surface area contributed by atoms with Gasteiger partial charge in [0.1, 0.15) is 0 Å². The Bertz CT molecular complexity index is 568. The Morgan fingerprint density at radius 2 is 2.00 bits per heavy atom. The van der Waals surface area contributed by atoms with Crippen molar-refractivity contribution < 1.29 is 14.7 Å². The first kappa shape index (κ1) is 14.6. The third-order valence-corrected chi connectivity index (χ3v) is 3.86. The first-order chi connectivity index (χ1) is 9.49. The summed E-state index contributed by atoms with van der Waals surface area (Å²) in [5, 5.41) is 12.4. The summed E-state index contributed by atoms with van der Waals surface area (Å²) in [6.07, 6.45) is 2.78. The van der Waals surface area contributed by atoms with Gasteiger partial charge in [-0.25, -0.2) is 0 Å². The number of amides is 1. The van der Waals surface area contributed by atoms with Crippen molar-refractivity contribution in [1.82, 2.24) is 0 Å². The van der Waals surface area contributed by atoms with E-state index < -0.39 is 17.8 Å². The highest BCUT2D eigenvalue weighted by molar-refractivity contribution is 6.33. The van der Waals surface area contributed by atoms with Gasteiger partial charge >= 0.3 is 5.97 Å². The first-order valence-electron chi connectivity index (χ1n) is 6.43. The highest BCUT2D eigenvalue weighted by Gasteiger charge is 2.35. The maximum atomic E-state index is 12.3. The van der Waals surface area contributed by atoms with E-state index in [0.29, 0.717) is 23.6 Å². The number of carbonyl (C=O) groups is 2. The number of carbonyl (C=O) groups excluding carboxylic acids is 1. The lowest BCUT2D eigenvalue weighted by Crippen LogP contribution is -2.35. The molecular formula is C15H16ClNO3. The van der Waals surface area contributed by atoms with Crippen LogP contribution in [0, 0.1) is 11.8 Å². The first-order valence-corrected chi connectivity index (χ1v) is 6.80. The number of benzene rings is 1. The second-order valence-corrected chi connectivity index (χ2v) is 5.42. The van der Waals surface area contributed by atoms with Crippen molar-refractivity contribution in [3.63, 3.8) is 0 Å². The Kier molecular flexibility index (Phi) is 4.45. The largest absolute Gasteiger partial charge is 0.481 e. The van der Waals surface area contributed by atoms with Crippen LogP contribution in [0.5, 0.6) is 0 Å². The number of nitrogens with one attached hydrogen (secondary N) is 1. The van der Waals surface area contributed by atoms with Crippen molar-refractivity contribution in [2.75, 3.05) is 5.32 Å². The van der Waals surface area contributed by atoms with E-state index in [9.17, 15) is 14.7 Å². The molecule has 1 amide bonds. The van der Waals surface area contributed by atoms with Gasteiger partial charge in [0, 0.05) is 0 Å². The summed E-state index contributed by atoms with van der Waals surface area (Å²) in [5.41, 5.74) is 1.52. The summed E-state index contributed by atoms with van der Waals surface area (Å²) < 4.78 is 0. The molecule has 0 saturated heterocycles. The van der Waals surface area contributed by atoms with Crippen molar-refractivity contribution in [3.8, 4) is 0 Å². The summed E-state index contributed by atoms with van der Waals surface area (Å²) in [4.78, 5) is 23.6. The van der Waals surface area contributed by atoms with E-state index in [-0.39, 0.29) is 5.91 Å². The molecule has 0 aliphatic heterocycles. The van der Waals surface area contributed by atoms with Gasteiger partial charge in [0.2, 0.25) is 5.91 Å². The minimum Gasteiger partial charge on any atom is -0.481 e. The molecule has 0 fully saturated rings. The predicted octanol–water partition coefficient (Wildman–Crippen LogP) is 3.34. The van der Waals surface area contributed by atoms with Crippen LogP contribution >= 0.6 is 11.6 Å². The fourth-order valence-electron chi connectivity index (χ4n) is 2.40. The van der Waals surface area contributed by atoms with E-state index in [0.717, 1.165) is 5.57 Å². The number of para-hydroxylation sites is 1. The molecule has 1 aliphatic rings. The van der Waals surface area contributed by atoms with Crippen LogP contribution in [-0.2, 0) is 9.59 Å². The van der Waals surface area contributed by atoms with Gasteiger partial charge in [-0.2, -0.15) is 0 Å². The molecule has 0 radical (unpaired) electrons. The van der Waals surface area contributed by atoms with E-state index in [4.69, 9.17) is 11.6 Å². The minimum atomic E-state index is -0.934. The molecule has 2 rings (SSSR count). The van der Waals surface area contributed by atoms with Crippen LogP contribution in [-0.4, -0.2) is 17.0 Å². The smallest absolute Gasteiger partial charge is 0.307 e. The van der Waals surface area contributed by atoms with E-state index >= 15 is 0 Å². The molecule has 2 N–H and O–H groups in total. The standard InChI is InChI=1S/C15H16ClNO3/c1-9-6-7-10(11(8-9)15(19)20)14(18)17-13-5-3-2-4-12(13)16/h2-6,10-11H,7-8H2,1H3,(H,17,18)(H,19,20). The topological polar surface area (TPSA) is 66.4 Å². The molecule has 2 atom stereocenters. The molecule has 1 aromatic carbocycles. The number of hydrogen-bond donors (Lipinski definition) is 2. The van der Waals surface area contributed by atoms with E-state index in [1.807, 2.05) is 13.0 Å². The van der Waals surface area contributed by atoms with Gasteiger partial charge in [-0.15, -0.1) is 0 Å². The highest BCUT2D eigenvalue weighted by atomic mass is 35.5. The van der Waals surface area contributed by atoms with Crippen molar-refractivity contribution >= 4 is 29.2 Å². The maximum Gasteiger partial charge on any atom is 0.307 e. The second kappa shape index (κ2) is 6.09. The lowest BCUT2D eigenvalue weighted by atomic mass is 9.79. The summed E-state index contributed by atoms with van der Waals surface area (Å²) in [5.74, 6) is -2.47. The lowest BCUT2D eigenvalue weighted by molar-refractivity contribution is -0.146. The van der Waals surface area contributed by atoms with Gasteiger partial charge in [-0.3, -0.25) is 9.59 Å². The van der Waals surface area contributed by atoms with Crippen molar-refractivity contribution in [2.24, 2.45) is 11.8 Å². The van der Waals surface area contributed by atoms with Gasteiger partial charge in [0.25, 0.3) is 0 Å². The van der Waals surface area contributed by atoms with Crippen molar-refractivity contribution in [1.29, 1.82) is 0 Å². The Morgan fingerprint density at radius 1 is 1.30 bits per heavy atom. The third kappa shape index (κ3) is 3.20. The van der Waals surface area contributed by atoms with Gasteiger partial charge < -0.3 is 10.4 Å². The van der Waals surface area contributed by atoms with Gasteiger partial charge in [-0.05, 0) is 31.9 Å². The maximum absolute atomic E-state index is 12.3. The van der Waals surface area contributed by atoms with Crippen molar-refractivity contribution in [3.05, 3.63) is 40.9 Å². The van der Waals surface area contributed by atoms with Gasteiger partial charge in [0.15, 0.2) is 0 Å². The van der Waals surface area contributed by atoms with Crippen LogP contribution in [0.4, 0.5) is 5.69 Å². The number of anilines is 1. The Morgan fingerprint density at radius 3 is 2.65 bits per heavy atom. The molecule has 1 aliphatic carbocycles. The molecule has 0 spiro atoms. The second-order valence-electron chi connectivity index (χ2n) is 5.01. The quantitative estimate of drug-likeness (QED) is 0.840. The van der Waals surface area contributed by atoms with Crippen molar-refractivity contribution in [2.45, 2.75) is 19.8 Å². The van der Waals surface area contributed by atoms with E-state index in [1.54, 1.807) is 24.3 Å². The Hall–Kier alpha value is -1.81. The fraction of sp³-hybridized carbons (Fsp3) is 0.333. The Labute approximate surface area is 122 Å². The molecule has 1 aromatic rings. The number of aliphatic carboxylic acids is 1. The van der Waals surface area contributed by atoms with E-state index in [2.05, 4.69) is 5.32 Å². The predicted molar refractivity (Wildman–Crippen MR) is 77.7 cm³/mol. The number of carboxylic acids is 1. The number of hydrogen-bond acceptors (Lipinski definition) is 2. The zero-order valence-electron chi connectivity index (χ0n) is 11.1. The summed E-state index contributed by atoms with van der Waals surface area (Å²) in [7, 11) is 0. The average molecular weight is 294 g/mol. The summed E-state index contributed by atoms with van der Waals surface area (Å²) >= 11 is 5.99. The molecule has 106 valence electrons. The van der Waals surface area contributed by atoms with Gasteiger partial charge in [-0.1, -0.05) is 35.4 Å². The molecule has 5 heteroatoms. The molecule has 4 nitrogen and oxygen atoms in total. The summed E-state index contributed by atoms with van der Waals surface area (Å²) in [6.45, 7) is 1.89. The zero-order valence-corrected chi connectivity index (χ0v) is 11.9. The number of allylic oxidation sites excluding steroid dienone is 2. The highest BCUT2D eigenvalue weighted by Crippen LogP contribution is 2.31. The molecule has 20 heavy (non-hydrogen) atoms. The summed E-state index contributed by atoms with van der Waals surface area (Å²) in [6, 6.07) is 6.91. The molecule has 0 aromatic heterocycles. The number of rotatable bonds is 3. The lowest BCUT2D eigenvalue weighted by Gasteiger charge is -2.26. The van der Waals surface area contributed by atoms with Crippen LogP contribution < -0.4 is 5.32 Å². The van der Waals surface area contributed by atoms with Crippen LogP contribution in [0.25, 0.3) is 0 Å². The number of carboxylic acid groups (broad SMARTS) is 1. The van der Waals surface area contributed by atoms with Crippen LogP contribution in [0.15, 0.2) is 35.9 Å². The zero-order chi connectivity index (χ0) is 14.7. The monoisotopic (exact) mass is 293 g/mol. The number of halogens is 1. The molecule has 0 heterocycles. The SMILES string of the molecule is CC1=CCC(C(=O)Nc2ccccc2Cl)C(C(=O)O)C1. The van der Waals surface area contributed by atoms with E-state index in [1.165, 1.54) is 0 Å². The Balaban J connectivity index is 2.16. The average Bonchev–Trinajstić information content (AvgIpc) is 2.41. The van der Waals surface area contributed by atoms with Crippen LogP contribution in [0.1, 0.15) is 19.8 Å². The third-order valence-electron chi connectivity index (χ3n) is 3.53. The molecule has 0 bridgehead atoms. The molecule has 2 unspecified atom stereocenters. The van der Waals surface area contributed by atoms with Crippen LogP contribution in [0.2, 0.25) is 5.02 Å².